The van der Waals surface area contributed by atoms with E-state index in [1.807, 2.05) is 0 Å². The smallest absolute Gasteiger partial charge is 0.143 e. The van der Waals surface area contributed by atoms with Crippen molar-refractivity contribution in [1.29, 1.82) is 0 Å². The van der Waals surface area contributed by atoms with Gasteiger partial charge in [-0.1, -0.05) is 5.18 Å². The topological polar surface area (TPSA) is 35.9 Å². The van der Waals surface area contributed by atoms with Gasteiger partial charge in [-0.05, 0) is 0 Å². The highest BCUT2D eigenvalue weighted by Crippen LogP contribution is 2.00. The zero-order valence-electron chi connectivity index (χ0n) is 7.08. The average molecular weight is 175 g/mol. The molecule has 0 aromatic heterocycles. The Morgan fingerprint density at radius 1 is 1.17 bits per heavy atom. The summed E-state index contributed by atoms with van der Waals surface area (Å²) in [5.74, 6) is 0. The van der Waals surface area contributed by atoms with Gasteiger partial charge in [-0.15, -0.1) is 0 Å². The molecule has 1 fully saturated rings. The summed E-state index contributed by atoms with van der Waals surface area (Å²) in [5, 5.41) is 2.79. The van der Waals surface area contributed by atoms with Gasteiger partial charge in [-0.25, -0.2) is 4.39 Å². The zero-order valence-corrected chi connectivity index (χ0v) is 7.08. The Morgan fingerprint density at radius 3 is 2.25 bits per heavy atom. The minimum Gasteiger partial charge on any atom is -0.299 e. The molecule has 1 aliphatic heterocycles. The van der Waals surface area contributed by atoms with Crippen LogP contribution in [-0.4, -0.2) is 55.9 Å². The highest BCUT2D eigenvalue weighted by molar-refractivity contribution is 4.70. The van der Waals surface area contributed by atoms with E-state index in [1.165, 1.54) is 0 Å². The van der Waals surface area contributed by atoms with Crippen LogP contribution in [0.1, 0.15) is 0 Å². The van der Waals surface area contributed by atoms with E-state index in [9.17, 15) is 9.30 Å². The summed E-state index contributed by atoms with van der Waals surface area (Å²) in [5.41, 5.74) is 0. The molecule has 1 saturated heterocycles. The Kier molecular flexibility index (Phi) is 4.10. The fourth-order valence-electron chi connectivity index (χ4n) is 1.31. The Morgan fingerprint density at radius 2 is 1.75 bits per heavy atom. The molecule has 5 heteroatoms. The van der Waals surface area contributed by atoms with Crippen molar-refractivity contribution >= 4 is 0 Å². The van der Waals surface area contributed by atoms with Crippen molar-refractivity contribution < 1.29 is 4.39 Å². The molecular weight excluding hydrogens is 161 g/mol. The highest BCUT2D eigenvalue weighted by atomic mass is 19.1. The first-order valence-electron chi connectivity index (χ1n) is 4.16. The highest BCUT2D eigenvalue weighted by Gasteiger charge is 2.15. The molecular formula is C7H14FN3O. The van der Waals surface area contributed by atoms with Crippen molar-refractivity contribution in [3.63, 3.8) is 0 Å². The van der Waals surface area contributed by atoms with Crippen molar-refractivity contribution in [2.24, 2.45) is 5.18 Å². The van der Waals surface area contributed by atoms with E-state index in [2.05, 4.69) is 10.1 Å². The minimum absolute atomic E-state index is 0.343. The van der Waals surface area contributed by atoms with E-state index in [-0.39, 0.29) is 6.80 Å². The third kappa shape index (κ3) is 2.83. The number of piperazine rings is 1. The maximum atomic E-state index is 12.1. The fraction of sp³-hybridized carbons (Fsp3) is 1.00. The van der Waals surface area contributed by atoms with E-state index >= 15 is 0 Å². The molecule has 0 aliphatic carbocycles. The van der Waals surface area contributed by atoms with E-state index in [0.29, 0.717) is 13.1 Å². The Balaban J connectivity index is 2.12. The van der Waals surface area contributed by atoms with Gasteiger partial charge in [0.15, 0.2) is 0 Å². The number of hydrogen-bond donors (Lipinski definition) is 0. The molecule has 1 rings (SSSR count). The molecule has 0 amide bonds. The molecule has 12 heavy (non-hydrogen) atoms. The summed E-state index contributed by atoms with van der Waals surface area (Å²) < 4.78 is 12.1. The molecule has 1 aliphatic rings. The predicted octanol–water partition coefficient (Wildman–Crippen LogP) is 0.297. The lowest BCUT2D eigenvalue weighted by Gasteiger charge is -2.32. The lowest BCUT2D eigenvalue weighted by atomic mass is 10.3. The number of nitrogens with zero attached hydrogens (tertiary/aromatic N) is 3. The molecule has 0 atom stereocenters. The van der Waals surface area contributed by atoms with Gasteiger partial charge in [0, 0.05) is 32.7 Å². The SMILES string of the molecule is O=NCCN1CCN(CF)CC1. The van der Waals surface area contributed by atoms with Crippen molar-refractivity contribution in [1.82, 2.24) is 9.80 Å². The summed E-state index contributed by atoms with van der Waals surface area (Å²) in [7, 11) is 0. The standard InChI is InChI=1S/C7H14FN3O/c8-7-11-5-3-10(4-6-11)2-1-9-12/h1-7H2. The quantitative estimate of drug-likeness (QED) is 0.455. The second kappa shape index (κ2) is 5.16. The van der Waals surface area contributed by atoms with Crippen LogP contribution in [0.2, 0.25) is 0 Å². The van der Waals surface area contributed by atoms with Gasteiger partial charge < -0.3 is 0 Å². The molecule has 0 aromatic carbocycles. The molecule has 70 valence electrons. The lowest BCUT2D eigenvalue weighted by Crippen LogP contribution is -2.46. The number of halogens is 1. The second-order valence-electron chi connectivity index (χ2n) is 2.93. The van der Waals surface area contributed by atoms with Crippen molar-refractivity contribution in [3.8, 4) is 0 Å². The Bertz CT molecular complexity index is 137. The van der Waals surface area contributed by atoms with Crippen LogP contribution in [-0.2, 0) is 0 Å². The van der Waals surface area contributed by atoms with Gasteiger partial charge in [0.05, 0.1) is 6.54 Å². The fourth-order valence-corrected chi connectivity index (χ4v) is 1.31. The monoisotopic (exact) mass is 175 g/mol. The van der Waals surface area contributed by atoms with Gasteiger partial charge in [0.25, 0.3) is 0 Å². The van der Waals surface area contributed by atoms with Crippen molar-refractivity contribution in [2.75, 3.05) is 46.1 Å². The largest absolute Gasteiger partial charge is 0.299 e. The number of rotatable bonds is 4. The van der Waals surface area contributed by atoms with E-state index in [0.717, 1.165) is 26.2 Å². The normalized spacial score (nSPS) is 21.1. The van der Waals surface area contributed by atoms with Crippen LogP contribution in [0, 0.1) is 4.91 Å². The van der Waals surface area contributed by atoms with E-state index in [4.69, 9.17) is 0 Å². The van der Waals surface area contributed by atoms with Crippen LogP contribution < -0.4 is 0 Å². The van der Waals surface area contributed by atoms with Crippen LogP contribution >= 0.6 is 0 Å². The Labute approximate surface area is 71.3 Å². The molecule has 0 bridgehead atoms. The number of nitroso groups, excluding NO2 is 1. The minimum atomic E-state index is -0.361. The third-order valence-electron chi connectivity index (χ3n) is 2.14. The lowest BCUT2D eigenvalue weighted by molar-refractivity contribution is 0.0978. The second-order valence-corrected chi connectivity index (χ2v) is 2.93. The molecule has 0 radical (unpaired) electrons. The van der Waals surface area contributed by atoms with E-state index in [1.54, 1.807) is 4.90 Å². The van der Waals surface area contributed by atoms with Crippen LogP contribution in [0.5, 0.6) is 0 Å². The van der Waals surface area contributed by atoms with Gasteiger partial charge in [0.2, 0.25) is 0 Å². The maximum Gasteiger partial charge on any atom is 0.143 e. The molecule has 0 saturated carbocycles. The van der Waals surface area contributed by atoms with Crippen molar-refractivity contribution in [2.45, 2.75) is 0 Å². The van der Waals surface area contributed by atoms with Crippen LogP contribution in [0.3, 0.4) is 0 Å². The van der Waals surface area contributed by atoms with Gasteiger partial charge >= 0.3 is 0 Å². The Hall–Kier alpha value is -0.550. The molecule has 4 nitrogen and oxygen atoms in total. The van der Waals surface area contributed by atoms with Gasteiger partial charge in [-0.2, -0.15) is 4.91 Å². The summed E-state index contributed by atoms with van der Waals surface area (Å²) in [6.07, 6.45) is 0. The first-order valence-corrected chi connectivity index (χ1v) is 4.16. The summed E-state index contributed by atoms with van der Waals surface area (Å²) >= 11 is 0. The summed E-state index contributed by atoms with van der Waals surface area (Å²) in [4.78, 5) is 13.7. The van der Waals surface area contributed by atoms with E-state index < -0.39 is 0 Å². The zero-order chi connectivity index (χ0) is 8.81. The van der Waals surface area contributed by atoms with Crippen LogP contribution in [0.15, 0.2) is 5.18 Å². The number of alkyl halides is 1. The molecule has 0 unspecified atom stereocenters. The summed E-state index contributed by atoms with van der Waals surface area (Å²) in [6.45, 7) is 3.91. The molecule has 0 aromatic rings. The van der Waals surface area contributed by atoms with Crippen LogP contribution in [0.25, 0.3) is 0 Å². The predicted molar refractivity (Wildman–Crippen MR) is 44.7 cm³/mol. The molecule has 0 N–H and O–H groups in total. The summed E-state index contributed by atoms with van der Waals surface area (Å²) in [6, 6.07) is 0. The molecule has 0 spiro atoms. The van der Waals surface area contributed by atoms with Gasteiger partial charge in [-0.3, -0.25) is 9.80 Å². The van der Waals surface area contributed by atoms with Crippen LogP contribution in [0.4, 0.5) is 4.39 Å². The van der Waals surface area contributed by atoms with Crippen molar-refractivity contribution in [3.05, 3.63) is 4.91 Å². The first kappa shape index (κ1) is 9.54. The maximum absolute atomic E-state index is 12.1. The van der Waals surface area contributed by atoms with Gasteiger partial charge in [0.1, 0.15) is 6.80 Å². The molecule has 1 heterocycles. The number of hydrogen-bond acceptors (Lipinski definition) is 4. The third-order valence-corrected chi connectivity index (χ3v) is 2.14. The average Bonchev–Trinajstić information content (AvgIpc) is 2.15. The first-order chi connectivity index (χ1) is 5.86.